The predicted molar refractivity (Wildman–Crippen MR) is 108 cm³/mol. The van der Waals surface area contributed by atoms with Crippen molar-refractivity contribution in [1.29, 1.82) is 0 Å². The number of carbonyl (C=O) groups is 1. The lowest BCUT2D eigenvalue weighted by Crippen LogP contribution is -2.18. The molecule has 150 valence electrons. The van der Waals surface area contributed by atoms with Gasteiger partial charge in [0, 0.05) is 11.6 Å². The van der Waals surface area contributed by atoms with Gasteiger partial charge in [0.1, 0.15) is 10.8 Å². The van der Waals surface area contributed by atoms with Crippen LogP contribution in [0.25, 0.3) is 11.3 Å². The summed E-state index contributed by atoms with van der Waals surface area (Å²) in [5, 5.41) is -0.302. The number of nitrogens with one attached hydrogen (secondary N) is 1. The number of ether oxygens (including phenoxy) is 1. The number of halogens is 1. The predicted octanol–water partition coefficient (Wildman–Crippen LogP) is 3.40. The molecular weight excluding hydrogens is 416 g/mol. The first kappa shape index (κ1) is 20.7. The van der Waals surface area contributed by atoms with Gasteiger partial charge in [-0.3, -0.25) is 0 Å². The Morgan fingerprint density at radius 3 is 2.34 bits per heavy atom. The summed E-state index contributed by atoms with van der Waals surface area (Å²) < 4.78 is 32.2. The topological polar surface area (TPSA) is 111 Å². The number of anilines is 1. The van der Waals surface area contributed by atoms with Gasteiger partial charge in [0.25, 0.3) is 10.0 Å². The molecule has 2 heterocycles. The largest absolute Gasteiger partial charge is 0.464 e. The molecule has 10 heteroatoms. The maximum Gasteiger partial charge on any atom is 0.356 e. The second-order valence-electron chi connectivity index (χ2n) is 6.12. The Hall–Kier alpha value is -3.04. The summed E-state index contributed by atoms with van der Waals surface area (Å²) in [6, 6.07) is 11.3. The zero-order chi connectivity index (χ0) is 21.2. The molecule has 0 fully saturated rings. The number of hydrogen-bond acceptors (Lipinski definition) is 7. The lowest BCUT2D eigenvalue weighted by Gasteiger charge is -2.12. The van der Waals surface area contributed by atoms with E-state index in [1.54, 1.807) is 6.07 Å². The monoisotopic (exact) mass is 432 g/mol. The lowest BCUT2D eigenvalue weighted by molar-refractivity contribution is 0.0593. The molecule has 0 radical (unpaired) electrons. The van der Waals surface area contributed by atoms with E-state index in [0.29, 0.717) is 5.69 Å². The third-order valence-electron chi connectivity index (χ3n) is 4.05. The Kier molecular flexibility index (Phi) is 5.81. The van der Waals surface area contributed by atoms with E-state index in [1.165, 1.54) is 25.3 Å². The number of nitrogens with zero attached hydrogens (tertiary/aromatic N) is 3. The van der Waals surface area contributed by atoms with E-state index in [9.17, 15) is 13.2 Å². The molecule has 8 nitrogen and oxygen atoms in total. The first-order valence-corrected chi connectivity index (χ1v) is 10.3. The average Bonchev–Trinajstić information content (AvgIpc) is 2.66. The van der Waals surface area contributed by atoms with Crippen LogP contribution in [-0.4, -0.2) is 36.4 Å². The number of sulfonamides is 1. The fourth-order valence-corrected chi connectivity index (χ4v) is 3.86. The fraction of sp³-hybridized carbons (Fsp3) is 0.158. The highest BCUT2D eigenvalue weighted by atomic mass is 35.5. The van der Waals surface area contributed by atoms with E-state index in [4.69, 9.17) is 11.6 Å². The summed E-state index contributed by atoms with van der Waals surface area (Å²) in [6.07, 6.45) is 0. The van der Waals surface area contributed by atoms with Gasteiger partial charge in [-0.1, -0.05) is 35.9 Å². The second kappa shape index (κ2) is 8.14. The SMILES string of the molecule is COC(=O)c1cccc(S(=O)(=O)Nc2nc(Cl)cc(-c3c(C)cccc3C)n2)n1. The fourth-order valence-electron chi connectivity index (χ4n) is 2.77. The average molecular weight is 433 g/mol. The first-order valence-electron chi connectivity index (χ1n) is 8.40. The van der Waals surface area contributed by atoms with Crippen LogP contribution in [0.4, 0.5) is 5.95 Å². The van der Waals surface area contributed by atoms with Crippen molar-refractivity contribution < 1.29 is 17.9 Å². The maximum absolute atomic E-state index is 12.7. The van der Waals surface area contributed by atoms with E-state index in [1.807, 2.05) is 32.0 Å². The van der Waals surface area contributed by atoms with Crippen molar-refractivity contribution >= 4 is 33.5 Å². The minimum atomic E-state index is -4.17. The van der Waals surface area contributed by atoms with Crippen LogP contribution in [0.15, 0.2) is 47.5 Å². The third-order valence-corrected chi connectivity index (χ3v) is 5.47. The third kappa shape index (κ3) is 4.52. The highest BCUT2D eigenvalue weighted by Crippen LogP contribution is 2.28. The van der Waals surface area contributed by atoms with Crippen molar-refractivity contribution in [2.24, 2.45) is 0 Å². The molecule has 0 unspecified atom stereocenters. The number of carbonyl (C=O) groups excluding carboxylic acids is 1. The van der Waals surface area contributed by atoms with Gasteiger partial charge in [0.15, 0.2) is 5.03 Å². The van der Waals surface area contributed by atoms with Gasteiger partial charge in [0.2, 0.25) is 5.95 Å². The molecule has 0 atom stereocenters. The molecule has 3 rings (SSSR count). The molecule has 0 aliphatic heterocycles. The number of benzene rings is 1. The summed E-state index contributed by atoms with van der Waals surface area (Å²) in [6.45, 7) is 3.84. The summed E-state index contributed by atoms with van der Waals surface area (Å²) >= 11 is 6.10. The number of aromatic nitrogens is 3. The van der Waals surface area contributed by atoms with Crippen molar-refractivity contribution in [2.75, 3.05) is 11.8 Å². The summed E-state index contributed by atoms with van der Waals surface area (Å²) in [5.41, 5.74) is 3.10. The van der Waals surface area contributed by atoms with Crippen LogP contribution in [0.2, 0.25) is 5.15 Å². The molecule has 0 saturated carbocycles. The number of esters is 1. The molecule has 0 spiro atoms. The number of rotatable bonds is 5. The Balaban J connectivity index is 2.00. The molecule has 0 aliphatic rings. The van der Waals surface area contributed by atoms with Crippen molar-refractivity contribution in [3.63, 3.8) is 0 Å². The molecule has 0 aliphatic carbocycles. The molecule has 2 aromatic heterocycles. The van der Waals surface area contributed by atoms with Gasteiger partial charge in [-0.2, -0.15) is 8.42 Å². The zero-order valence-electron chi connectivity index (χ0n) is 15.8. The highest BCUT2D eigenvalue weighted by molar-refractivity contribution is 7.92. The van der Waals surface area contributed by atoms with Gasteiger partial charge in [0.05, 0.1) is 12.8 Å². The Bertz CT molecular complexity index is 1180. The number of hydrogen-bond donors (Lipinski definition) is 1. The molecule has 3 aromatic rings. The van der Waals surface area contributed by atoms with E-state index < -0.39 is 16.0 Å². The molecule has 0 saturated heterocycles. The van der Waals surface area contributed by atoms with Crippen LogP contribution in [0.1, 0.15) is 21.6 Å². The van der Waals surface area contributed by atoms with Crippen LogP contribution >= 0.6 is 11.6 Å². The molecule has 29 heavy (non-hydrogen) atoms. The smallest absolute Gasteiger partial charge is 0.356 e. The molecule has 1 N–H and O–H groups in total. The van der Waals surface area contributed by atoms with Gasteiger partial charge in [-0.15, -0.1) is 0 Å². The summed E-state index contributed by atoms with van der Waals surface area (Å²) in [7, 11) is -2.99. The van der Waals surface area contributed by atoms with Crippen molar-refractivity contribution in [3.05, 3.63) is 64.4 Å². The number of pyridine rings is 1. The zero-order valence-corrected chi connectivity index (χ0v) is 17.4. The highest BCUT2D eigenvalue weighted by Gasteiger charge is 2.21. The molecular formula is C19H17ClN4O4S. The Morgan fingerprint density at radius 1 is 1.03 bits per heavy atom. The standard InChI is InChI=1S/C19H17ClN4O4S/c1-11-6-4-7-12(2)17(11)14-10-15(20)23-19(22-14)24-29(26,27)16-9-5-8-13(21-16)18(25)28-3/h4-10H,1-3H3,(H,22,23,24). The van der Waals surface area contributed by atoms with E-state index in [0.717, 1.165) is 16.7 Å². The normalized spacial score (nSPS) is 11.2. The molecule has 0 amide bonds. The van der Waals surface area contributed by atoms with Crippen LogP contribution in [0, 0.1) is 13.8 Å². The van der Waals surface area contributed by atoms with E-state index >= 15 is 0 Å². The maximum atomic E-state index is 12.7. The van der Waals surface area contributed by atoms with Crippen LogP contribution in [0.3, 0.4) is 0 Å². The van der Waals surface area contributed by atoms with E-state index in [-0.39, 0.29) is 21.8 Å². The molecule has 0 bridgehead atoms. The first-order chi connectivity index (χ1) is 13.7. The van der Waals surface area contributed by atoms with Gasteiger partial charge in [-0.05, 0) is 37.1 Å². The van der Waals surface area contributed by atoms with Crippen LogP contribution in [0.5, 0.6) is 0 Å². The van der Waals surface area contributed by atoms with Crippen LogP contribution < -0.4 is 4.72 Å². The minimum absolute atomic E-state index is 0.0756. The number of aryl methyl sites for hydroxylation is 2. The van der Waals surface area contributed by atoms with Gasteiger partial charge >= 0.3 is 5.97 Å². The molecule has 1 aromatic carbocycles. The summed E-state index contributed by atoms with van der Waals surface area (Å²) in [5.74, 6) is -0.959. The van der Waals surface area contributed by atoms with Crippen LogP contribution in [-0.2, 0) is 14.8 Å². The Morgan fingerprint density at radius 2 is 1.69 bits per heavy atom. The summed E-state index contributed by atoms with van der Waals surface area (Å²) in [4.78, 5) is 23.7. The van der Waals surface area contributed by atoms with Gasteiger partial charge < -0.3 is 4.74 Å². The Labute approximate surface area is 173 Å². The van der Waals surface area contributed by atoms with Crippen molar-refractivity contribution in [3.8, 4) is 11.3 Å². The second-order valence-corrected chi connectivity index (χ2v) is 8.14. The van der Waals surface area contributed by atoms with E-state index in [2.05, 4.69) is 24.4 Å². The lowest BCUT2D eigenvalue weighted by atomic mass is 10.00. The van der Waals surface area contributed by atoms with Crippen molar-refractivity contribution in [2.45, 2.75) is 18.9 Å². The quantitative estimate of drug-likeness (QED) is 0.485. The van der Waals surface area contributed by atoms with Crippen molar-refractivity contribution in [1.82, 2.24) is 15.0 Å². The minimum Gasteiger partial charge on any atom is -0.464 e. The number of methoxy groups -OCH3 is 1. The van der Waals surface area contributed by atoms with Gasteiger partial charge in [-0.25, -0.2) is 24.5 Å².